The van der Waals surface area contributed by atoms with Crippen molar-refractivity contribution in [3.8, 4) is 0 Å². The minimum absolute atomic E-state index is 0.122. The van der Waals surface area contributed by atoms with E-state index in [1.807, 2.05) is 12.1 Å². The Labute approximate surface area is 101 Å². The van der Waals surface area contributed by atoms with Crippen molar-refractivity contribution in [2.45, 2.75) is 26.7 Å². The van der Waals surface area contributed by atoms with Crippen LogP contribution < -0.4 is 0 Å². The van der Waals surface area contributed by atoms with Crippen LogP contribution in [0.2, 0.25) is 0 Å². The molecule has 2 heterocycles. The third-order valence-corrected chi connectivity index (χ3v) is 2.66. The fourth-order valence-corrected chi connectivity index (χ4v) is 1.84. The molecule has 0 saturated carbocycles. The summed E-state index contributed by atoms with van der Waals surface area (Å²) in [6.07, 6.45) is 4.77. The quantitative estimate of drug-likeness (QED) is 0.799. The van der Waals surface area contributed by atoms with E-state index in [1.54, 1.807) is 17.4 Å². The zero-order chi connectivity index (χ0) is 12.3. The van der Waals surface area contributed by atoms with Crippen LogP contribution in [0.25, 0.3) is 0 Å². The van der Waals surface area contributed by atoms with Gasteiger partial charge in [-0.25, -0.2) is 5.01 Å². The molecule has 1 aromatic heterocycles. The highest BCUT2D eigenvalue weighted by Crippen LogP contribution is 2.15. The molecule has 90 valence electrons. The van der Waals surface area contributed by atoms with E-state index in [2.05, 4.69) is 23.9 Å². The Kier molecular flexibility index (Phi) is 3.52. The van der Waals surface area contributed by atoms with Crippen molar-refractivity contribution in [2.75, 3.05) is 6.54 Å². The van der Waals surface area contributed by atoms with Gasteiger partial charge in [0.1, 0.15) is 0 Å². The molecule has 0 saturated heterocycles. The highest BCUT2D eigenvalue weighted by atomic mass is 16.2. The summed E-state index contributed by atoms with van der Waals surface area (Å²) < 4.78 is 0. The number of hydrazone groups is 1. The minimum Gasteiger partial charge on any atom is -0.273 e. The van der Waals surface area contributed by atoms with E-state index in [-0.39, 0.29) is 5.91 Å². The van der Waals surface area contributed by atoms with Gasteiger partial charge >= 0.3 is 0 Å². The molecule has 0 atom stereocenters. The average Bonchev–Trinajstić information content (AvgIpc) is 2.32. The summed E-state index contributed by atoms with van der Waals surface area (Å²) in [5, 5.41) is 6.05. The largest absolute Gasteiger partial charge is 0.273 e. The number of carbonyl (C=O) groups is 1. The second-order valence-corrected chi connectivity index (χ2v) is 4.65. The van der Waals surface area contributed by atoms with Gasteiger partial charge in [-0.1, -0.05) is 13.8 Å². The lowest BCUT2D eigenvalue weighted by molar-refractivity contribution is -0.132. The van der Waals surface area contributed by atoms with Crippen molar-refractivity contribution in [3.63, 3.8) is 0 Å². The standard InChI is InChI=1S/C13H17N3O/c1-10(2)9-16-13(17)4-3-12(15-16)11-5-7-14-8-6-11/h5-8,10H,3-4,9H2,1-2H3. The highest BCUT2D eigenvalue weighted by molar-refractivity contribution is 6.04. The molecule has 0 unspecified atom stereocenters. The van der Waals surface area contributed by atoms with E-state index < -0.39 is 0 Å². The van der Waals surface area contributed by atoms with Crippen LogP contribution in [0, 0.1) is 5.92 Å². The first kappa shape index (κ1) is 11.8. The monoisotopic (exact) mass is 231 g/mol. The zero-order valence-corrected chi connectivity index (χ0v) is 10.3. The molecule has 2 rings (SSSR count). The Morgan fingerprint density at radius 2 is 2.00 bits per heavy atom. The van der Waals surface area contributed by atoms with Crippen molar-refractivity contribution in [3.05, 3.63) is 30.1 Å². The van der Waals surface area contributed by atoms with Crippen molar-refractivity contribution >= 4 is 11.6 Å². The molecule has 4 heteroatoms. The first-order valence-electron chi connectivity index (χ1n) is 5.95. The number of amides is 1. The van der Waals surface area contributed by atoms with E-state index in [9.17, 15) is 4.79 Å². The lowest BCUT2D eigenvalue weighted by atomic mass is 10.1. The summed E-state index contributed by atoms with van der Waals surface area (Å²) >= 11 is 0. The van der Waals surface area contributed by atoms with Crippen molar-refractivity contribution in [1.82, 2.24) is 9.99 Å². The van der Waals surface area contributed by atoms with Crippen LogP contribution in [0.5, 0.6) is 0 Å². The SMILES string of the molecule is CC(C)CN1N=C(c2ccncc2)CCC1=O. The number of nitrogens with zero attached hydrogens (tertiary/aromatic N) is 3. The normalized spacial score (nSPS) is 16.3. The van der Waals surface area contributed by atoms with Crippen LogP contribution in [-0.2, 0) is 4.79 Å². The third-order valence-electron chi connectivity index (χ3n) is 2.66. The van der Waals surface area contributed by atoms with Gasteiger partial charge in [0, 0.05) is 37.3 Å². The molecule has 1 aromatic rings. The van der Waals surface area contributed by atoms with Gasteiger partial charge in [-0.15, -0.1) is 0 Å². The van der Waals surface area contributed by atoms with Crippen LogP contribution in [0.3, 0.4) is 0 Å². The van der Waals surface area contributed by atoms with E-state index in [0.29, 0.717) is 18.9 Å². The highest BCUT2D eigenvalue weighted by Gasteiger charge is 2.21. The summed E-state index contributed by atoms with van der Waals surface area (Å²) in [7, 11) is 0. The van der Waals surface area contributed by atoms with Gasteiger partial charge in [-0.2, -0.15) is 5.10 Å². The van der Waals surface area contributed by atoms with Gasteiger partial charge < -0.3 is 0 Å². The maximum Gasteiger partial charge on any atom is 0.243 e. The lowest BCUT2D eigenvalue weighted by Crippen LogP contribution is -2.34. The molecule has 0 fully saturated rings. The van der Waals surface area contributed by atoms with Gasteiger partial charge in [-0.3, -0.25) is 9.78 Å². The van der Waals surface area contributed by atoms with Crippen LogP contribution in [0.15, 0.2) is 29.6 Å². The predicted octanol–water partition coefficient (Wildman–Crippen LogP) is 2.06. The number of hydrogen-bond donors (Lipinski definition) is 0. The Hall–Kier alpha value is -1.71. The fraction of sp³-hybridized carbons (Fsp3) is 0.462. The molecule has 0 spiro atoms. The van der Waals surface area contributed by atoms with Crippen molar-refractivity contribution in [2.24, 2.45) is 11.0 Å². The van der Waals surface area contributed by atoms with Crippen molar-refractivity contribution in [1.29, 1.82) is 0 Å². The fourth-order valence-electron chi connectivity index (χ4n) is 1.84. The van der Waals surface area contributed by atoms with Gasteiger partial charge in [-0.05, 0) is 18.1 Å². The maximum absolute atomic E-state index is 11.7. The summed E-state index contributed by atoms with van der Waals surface area (Å²) in [5.41, 5.74) is 2.04. The summed E-state index contributed by atoms with van der Waals surface area (Å²) in [4.78, 5) is 15.7. The Morgan fingerprint density at radius 3 is 2.65 bits per heavy atom. The lowest BCUT2D eigenvalue weighted by Gasteiger charge is -2.25. The van der Waals surface area contributed by atoms with E-state index in [1.165, 1.54) is 0 Å². The summed E-state index contributed by atoms with van der Waals surface area (Å²) in [6.45, 7) is 4.86. The molecular formula is C13H17N3O. The molecule has 17 heavy (non-hydrogen) atoms. The minimum atomic E-state index is 0.122. The van der Waals surface area contributed by atoms with Gasteiger partial charge in [0.05, 0.1) is 5.71 Å². The van der Waals surface area contributed by atoms with Crippen LogP contribution in [-0.4, -0.2) is 28.2 Å². The third kappa shape index (κ3) is 2.90. The van der Waals surface area contributed by atoms with Crippen LogP contribution >= 0.6 is 0 Å². The summed E-state index contributed by atoms with van der Waals surface area (Å²) in [5.74, 6) is 0.552. The zero-order valence-electron chi connectivity index (χ0n) is 10.3. The van der Waals surface area contributed by atoms with Crippen LogP contribution in [0.4, 0.5) is 0 Å². The van der Waals surface area contributed by atoms with E-state index in [4.69, 9.17) is 0 Å². The second-order valence-electron chi connectivity index (χ2n) is 4.65. The van der Waals surface area contributed by atoms with E-state index in [0.717, 1.165) is 17.7 Å². The molecule has 1 aliphatic rings. The number of rotatable bonds is 3. The molecule has 1 aliphatic heterocycles. The Morgan fingerprint density at radius 1 is 1.29 bits per heavy atom. The number of carbonyl (C=O) groups excluding carboxylic acids is 1. The Balaban J connectivity index is 2.21. The second kappa shape index (κ2) is 5.08. The van der Waals surface area contributed by atoms with Gasteiger partial charge in [0.25, 0.3) is 0 Å². The number of pyridine rings is 1. The van der Waals surface area contributed by atoms with Gasteiger partial charge in [0.2, 0.25) is 5.91 Å². The molecule has 0 aliphatic carbocycles. The number of aromatic nitrogens is 1. The maximum atomic E-state index is 11.7. The van der Waals surface area contributed by atoms with Crippen LogP contribution in [0.1, 0.15) is 32.3 Å². The van der Waals surface area contributed by atoms with E-state index >= 15 is 0 Å². The smallest absolute Gasteiger partial charge is 0.243 e. The molecule has 1 amide bonds. The summed E-state index contributed by atoms with van der Waals surface area (Å²) in [6, 6.07) is 3.87. The molecular weight excluding hydrogens is 214 g/mol. The molecule has 0 radical (unpaired) electrons. The molecule has 0 aromatic carbocycles. The first-order valence-corrected chi connectivity index (χ1v) is 5.95. The Bertz CT molecular complexity index is 426. The molecule has 0 N–H and O–H groups in total. The molecule has 4 nitrogen and oxygen atoms in total. The van der Waals surface area contributed by atoms with Crippen molar-refractivity contribution < 1.29 is 4.79 Å². The van der Waals surface area contributed by atoms with Gasteiger partial charge in [0.15, 0.2) is 0 Å². The number of hydrogen-bond acceptors (Lipinski definition) is 3. The first-order chi connectivity index (χ1) is 8.16. The predicted molar refractivity (Wildman–Crippen MR) is 66.6 cm³/mol. The topological polar surface area (TPSA) is 45.6 Å². The average molecular weight is 231 g/mol. The molecule has 0 bridgehead atoms.